The number of carbonyl (C=O) groups excluding carboxylic acids is 2. The molecule has 0 aromatic rings. The maximum Gasteiger partial charge on any atom is 0.233 e. The summed E-state index contributed by atoms with van der Waals surface area (Å²) in [6, 6.07) is 0. The molecule has 2 fully saturated rings. The molecule has 2 rings (SSSR count). The summed E-state index contributed by atoms with van der Waals surface area (Å²) in [5.74, 6) is -0.121. The fourth-order valence-electron chi connectivity index (χ4n) is 2.60. The molecule has 15 heavy (non-hydrogen) atoms. The zero-order valence-corrected chi connectivity index (χ0v) is 8.98. The van der Waals surface area contributed by atoms with Crippen molar-refractivity contribution in [3.63, 3.8) is 0 Å². The molecule has 3 atom stereocenters. The number of likely N-dealkylation sites (tertiary alicyclic amines) is 1. The summed E-state index contributed by atoms with van der Waals surface area (Å²) >= 11 is 0. The maximum atomic E-state index is 11.8. The van der Waals surface area contributed by atoms with Gasteiger partial charge in [-0.25, -0.2) is 0 Å². The first-order valence-electron chi connectivity index (χ1n) is 5.64. The highest BCUT2D eigenvalue weighted by molar-refractivity contribution is 6.05. The second-order valence-electron chi connectivity index (χ2n) is 4.61. The molecule has 0 spiro atoms. The molecule has 1 saturated heterocycles. The Morgan fingerprint density at radius 3 is 2.33 bits per heavy atom. The van der Waals surface area contributed by atoms with E-state index in [0.717, 1.165) is 19.3 Å². The Bertz CT molecular complexity index is 266. The van der Waals surface area contributed by atoms with Gasteiger partial charge in [-0.15, -0.1) is 0 Å². The lowest BCUT2D eigenvalue weighted by Gasteiger charge is -2.16. The summed E-state index contributed by atoms with van der Waals surface area (Å²) in [5.41, 5.74) is 0. The minimum atomic E-state index is -0.453. The number of carbonyl (C=O) groups is 2. The second-order valence-corrected chi connectivity index (χ2v) is 4.61. The van der Waals surface area contributed by atoms with Crippen LogP contribution in [0.3, 0.4) is 0 Å². The van der Waals surface area contributed by atoms with E-state index >= 15 is 0 Å². The van der Waals surface area contributed by atoms with E-state index < -0.39 is 6.10 Å². The third kappa shape index (κ3) is 1.78. The topological polar surface area (TPSA) is 57.6 Å². The van der Waals surface area contributed by atoms with Gasteiger partial charge in [0.15, 0.2) is 0 Å². The number of hydrogen-bond acceptors (Lipinski definition) is 3. The van der Waals surface area contributed by atoms with Gasteiger partial charge in [-0.1, -0.05) is 6.42 Å². The van der Waals surface area contributed by atoms with E-state index in [1.165, 1.54) is 4.90 Å². The first-order valence-corrected chi connectivity index (χ1v) is 5.64. The Morgan fingerprint density at radius 2 is 1.87 bits per heavy atom. The highest BCUT2D eigenvalue weighted by Crippen LogP contribution is 2.39. The van der Waals surface area contributed by atoms with Crippen LogP contribution in [0.25, 0.3) is 0 Å². The van der Waals surface area contributed by atoms with Crippen molar-refractivity contribution in [2.75, 3.05) is 6.54 Å². The molecule has 1 saturated carbocycles. The zero-order valence-electron chi connectivity index (χ0n) is 8.98. The molecule has 2 aliphatic rings. The number of rotatable bonds is 3. The third-order valence-corrected chi connectivity index (χ3v) is 3.45. The number of amides is 2. The van der Waals surface area contributed by atoms with E-state index in [4.69, 9.17) is 5.11 Å². The summed E-state index contributed by atoms with van der Waals surface area (Å²) < 4.78 is 0. The van der Waals surface area contributed by atoms with Gasteiger partial charge in [-0.3, -0.25) is 14.5 Å². The van der Waals surface area contributed by atoms with Gasteiger partial charge < -0.3 is 5.11 Å². The van der Waals surface area contributed by atoms with Gasteiger partial charge in [0.1, 0.15) is 0 Å². The van der Waals surface area contributed by atoms with E-state index in [1.54, 1.807) is 6.92 Å². The third-order valence-electron chi connectivity index (χ3n) is 3.45. The van der Waals surface area contributed by atoms with Crippen LogP contribution in [-0.4, -0.2) is 34.5 Å². The smallest absolute Gasteiger partial charge is 0.233 e. The molecule has 0 bridgehead atoms. The van der Waals surface area contributed by atoms with Crippen LogP contribution in [0.4, 0.5) is 0 Å². The number of fused-ring (bicyclic) bond motifs is 1. The lowest BCUT2D eigenvalue weighted by Crippen LogP contribution is -2.34. The maximum absolute atomic E-state index is 11.8. The van der Waals surface area contributed by atoms with E-state index in [0.29, 0.717) is 13.0 Å². The second kappa shape index (κ2) is 3.93. The molecular weight excluding hydrogens is 194 g/mol. The number of aliphatic hydroxyl groups is 1. The minimum absolute atomic E-state index is 0.0110. The van der Waals surface area contributed by atoms with Crippen molar-refractivity contribution in [1.29, 1.82) is 0 Å². The quantitative estimate of drug-likeness (QED) is 0.693. The molecule has 1 aliphatic carbocycles. The Labute approximate surface area is 89.3 Å². The molecule has 4 nitrogen and oxygen atoms in total. The summed E-state index contributed by atoms with van der Waals surface area (Å²) in [7, 11) is 0. The molecule has 1 heterocycles. The lowest BCUT2D eigenvalue weighted by atomic mass is 10.00. The largest absolute Gasteiger partial charge is 0.393 e. The van der Waals surface area contributed by atoms with Gasteiger partial charge in [-0.2, -0.15) is 0 Å². The fourth-order valence-corrected chi connectivity index (χ4v) is 2.60. The van der Waals surface area contributed by atoms with Crippen LogP contribution in [0.5, 0.6) is 0 Å². The summed E-state index contributed by atoms with van der Waals surface area (Å²) in [5, 5.41) is 9.14. The van der Waals surface area contributed by atoms with Crippen LogP contribution in [0.1, 0.15) is 32.6 Å². The van der Waals surface area contributed by atoms with Crippen LogP contribution in [0.15, 0.2) is 0 Å². The first kappa shape index (κ1) is 10.6. The normalized spacial score (nSPS) is 32.3. The number of hydrogen-bond donors (Lipinski definition) is 1. The van der Waals surface area contributed by atoms with Crippen molar-refractivity contribution in [3.05, 3.63) is 0 Å². The van der Waals surface area contributed by atoms with Crippen molar-refractivity contribution < 1.29 is 14.7 Å². The van der Waals surface area contributed by atoms with Gasteiger partial charge >= 0.3 is 0 Å². The Morgan fingerprint density at radius 1 is 1.33 bits per heavy atom. The monoisotopic (exact) mass is 211 g/mol. The SMILES string of the molecule is CC(O)CCN1C(=O)C2CCCC2C1=O. The number of imide groups is 1. The van der Waals surface area contributed by atoms with E-state index in [-0.39, 0.29) is 23.7 Å². The molecular formula is C11H17NO3. The van der Waals surface area contributed by atoms with Gasteiger partial charge in [0, 0.05) is 6.54 Å². The van der Waals surface area contributed by atoms with Crippen molar-refractivity contribution in [2.24, 2.45) is 11.8 Å². The Hall–Kier alpha value is -0.900. The molecule has 0 aromatic heterocycles. The standard InChI is InChI=1S/C11H17NO3/c1-7(13)5-6-12-10(14)8-3-2-4-9(8)11(12)15/h7-9,13H,2-6H2,1H3. The summed E-state index contributed by atoms with van der Waals surface area (Å²) in [6.45, 7) is 2.05. The van der Waals surface area contributed by atoms with Crippen LogP contribution < -0.4 is 0 Å². The number of nitrogens with zero attached hydrogens (tertiary/aromatic N) is 1. The molecule has 0 aromatic carbocycles. The fraction of sp³-hybridized carbons (Fsp3) is 0.818. The van der Waals surface area contributed by atoms with E-state index in [1.807, 2.05) is 0 Å². The predicted octanol–water partition coefficient (Wildman–Crippen LogP) is 0.542. The minimum Gasteiger partial charge on any atom is -0.393 e. The van der Waals surface area contributed by atoms with Crippen molar-refractivity contribution in [1.82, 2.24) is 4.90 Å². The van der Waals surface area contributed by atoms with Crippen LogP contribution in [-0.2, 0) is 9.59 Å². The predicted molar refractivity (Wildman–Crippen MR) is 53.8 cm³/mol. The Balaban J connectivity index is 2.01. The molecule has 1 aliphatic heterocycles. The van der Waals surface area contributed by atoms with Gasteiger partial charge in [0.2, 0.25) is 11.8 Å². The van der Waals surface area contributed by atoms with Crippen molar-refractivity contribution >= 4 is 11.8 Å². The van der Waals surface area contributed by atoms with Crippen LogP contribution in [0.2, 0.25) is 0 Å². The van der Waals surface area contributed by atoms with Crippen LogP contribution in [0, 0.1) is 11.8 Å². The average Bonchev–Trinajstić information content (AvgIpc) is 2.71. The highest BCUT2D eigenvalue weighted by atomic mass is 16.3. The lowest BCUT2D eigenvalue weighted by molar-refractivity contribution is -0.140. The molecule has 3 unspecified atom stereocenters. The summed E-state index contributed by atoms with van der Waals surface area (Å²) in [6.07, 6.45) is 2.75. The van der Waals surface area contributed by atoms with Gasteiger partial charge in [0.05, 0.1) is 17.9 Å². The summed E-state index contributed by atoms with van der Waals surface area (Å²) in [4.78, 5) is 25.0. The molecule has 84 valence electrons. The van der Waals surface area contributed by atoms with E-state index in [2.05, 4.69) is 0 Å². The Kier molecular flexibility index (Phi) is 2.78. The first-order chi connectivity index (χ1) is 7.11. The molecule has 2 amide bonds. The van der Waals surface area contributed by atoms with Gasteiger partial charge in [-0.05, 0) is 26.2 Å². The molecule has 4 heteroatoms. The van der Waals surface area contributed by atoms with Gasteiger partial charge in [0.25, 0.3) is 0 Å². The average molecular weight is 211 g/mol. The highest BCUT2D eigenvalue weighted by Gasteiger charge is 2.49. The van der Waals surface area contributed by atoms with E-state index in [9.17, 15) is 9.59 Å². The molecule has 0 radical (unpaired) electrons. The van der Waals surface area contributed by atoms with Crippen molar-refractivity contribution in [3.8, 4) is 0 Å². The number of aliphatic hydroxyl groups excluding tert-OH is 1. The zero-order chi connectivity index (χ0) is 11.0. The molecule has 1 N–H and O–H groups in total. The van der Waals surface area contributed by atoms with Crippen LogP contribution >= 0.6 is 0 Å². The van der Waals surface area contributed by atoms with Crippen molar-refractivity contribution in [2.45, 2.75) is 38.7 Å².